The second kappa shape index (κ2) is 40.8. The van der Waals surface area contributed by atoms with Crippen molar-refractivity contribution in [2.24, 2.45) is 11.8 Å². The molecule has 2 saturated carbocycles. The molecule has 8 aromatic carbocycles. The summed E-state index contributed by atoms with van der Waals surface area (Å²) in [6.45, 7) is 21.4. The molecule has 6 fully saturated rings. The number of nitriles is 4. The highest BCUT2D eigenvalue weighted by atomic mass is 16.5. The smallest absolute Gasteiger partial charge is 0.306 e. The second-order valence-electron chi connectivity index (χ2n) is 41.0. The van der Waals surface area contributed by atoms with E-state index < -0.39 is 11.9 Å². The lowest BCUT2D eigenvalue weighted by Gasteiger charge is -2.40. The van der Waals surface area contributed by atoms with E-state index in [1.165, 1.54) is 44.5 Å². The number of nitrogens with zero attached hydrogens (tertiary/aromatic N) is 16. The Hall–Kier alpha value is -14.9. The van der Waals surface area contributed by atoms with E-state index in [1.54, 1.807) is 58.6 Å². The number of aliphatic hydroxyl groups is 2. The summed E-state index contributed by atoms with van der Waals surface area (Å²) >= 11 is 0. The summed E-state index contributed by atoms with van der Waals surface area (Å²) in [5.41, 5.74) is 20.1. The van der Waals surface area contributed by atoms with Gasteiger partial charge in [-0.3, -0.25) is 29.0 Å². The van der Waals surface area contributed by atoms with E-state index in [0.29, 0.717) is 143 Å². The summed E-state index contributed by atoms with van der Waals surface area (Å²) < 4.78 is 34.2. The van der Waals surface area contributed by atoms with Crippen LogP contribution < -0.4 is 18.9 Å². The standard InChI is InChI=1S/2C29H30N4O4.2C28H28N4O3/c2*1-17(2)36-25-7-6-18(12-20(25)15-30)27-31-26(32-37-27)23-4-3-5-24-22(23)8-9-29(24)10-11-33(16-29)21-13-19(14-21)28(34)35;2*1-18(2)35-25-7-6-19(14-20(25)16-29)24-9-11-30-27(31-24)22-4-3-5-23-21(22)8-10-28(23)15-26(34)32(17-28)12-13-33/h2*3-7,12,17,19,21H,8-11,13-14,16H2,1-2H3,(H,34,35);2*3-7,9,11,14,18,33H,8,10,12-13,15,17H2,1-2H3/t2*19?,21?,29-;2*28-/m1010/s1. The molecule has 0 radical (unpaired) electrons. The number of carboxylic acid groups (broad SMARTS) is 2. The molecule has 4 spiro atoms. The molecule has 2 amide bonds. The Bertz CT molecular complexity index is 6720. The van der Waals surface area contributed by atoms with Gasteiger partial charge in [-0.2, -0.15) is 31.0 Å². The van der Waals surface area contributed by atoms with E-state index in [4.69, 9.17) is 47.9 Å². The van der Waals surface area contributed by atoms with Crippen molar-refractivity contribution in [1.29, 1.82) is 21.0 Å². The van der Waals surface area contributed by atoms with Gasteiger partial charge in [-0.15, -0.1) is 0 Å². The fourth-order valence-electron chi connectivity index (χ4n) is 23.5. The van der Waals surface area contributed by atoms with Crippen LogP contribution in [-0.2, 0) is 66.5 Å². The van der Waals surface area contributed by atoms with Crippen LogP contribution in [0.3, 0.4) is 0 Å². The predicted molar refractivity (Wildman–Crippen MR) is 535 cm³/mol. The third kappa shape index (κ3) is 19.4. The van der Waals surface area contributed by atoms with Crippen LogP contribution in [-0.4, -0.2) is 206 Å². The second-order valence-corrected chi connectivity index (χ2v) is 41.0. The number of aromatic nitrogens is 8. The molecule has 4 aromatic heterocycles. The Morgan fingerprint density at radius 2 is 0.715 bits per heavy atom. The van der Waals surface area contributed by atoms with Gasteiger partial charge in [-0.1, -0.05) is 83.1 Å². The zero-order chi connectivity index (χ0) is 101. The molecule has 4 N–H and O–H groups in total. The normalized spacial score (nSPS) is 21.8. The molecule has 736 valence electrons. The van der Waals surface area contributed by atoms with Crippen molar-refractivity contribution < 1.29 is 67.6 Å². The number of β-amino-alcohol motifs (C(OH)–C–C–N with tert-alkyl or cyclic N) is 2. The Morgan fingerprint density at radius 3 is 1.03 bits per heavy atom. The largest absolute Gasteiger partial charge is 0.490 e. The lowest BCUT2D eigenvalue weighted by atomic mass is 9.78. The summed E-state index contributed by atoms with van der Waals surface area (Å²) in [6, 6.07) is 60.1. The highest BCUT2D eigenvalue weighted by molar-refractivity contribution is 5.84. The van der Waals surface area contributed by atoms with Gasteiger partial charge in [-0.25, -0.2) is 19.9 Å². The average molecular weight is 1930 g/mol. The van der Waals surface area contributed by atoms with Gasteiger partial charge in [0.2, 0.25) is 23.5 Å². The van der Waals surface area contributed by atoms with Crippen molar-refractivity contribution in [3.63, 3.8) is 0 Å². The first kappa shape index (κ1) is 97.9. The molecule has 10 aliphatic rings. The highest BCUT2D eigenvalue weighted by Gasteiger charge is 2.54. The molecule has 4 atom stereocenters. The van der Waals surface area contributed by atoms with Crippen molar-refractivity contribution in [1.82, 2.24) is 59.8 Å². The number of carboxylic acids is 2. The molecule has 0 bridgehead atoms. The van der Waals surface area contributed by atoms with Gasteiger partial charge in [0, 0.05) is 143 Å². The number of ether oxygens (including phenoxy) is 4. The zero-order valence-corrected chi connectivity index (χ0v) is 82.2. The van der Waals surface area contributed by atoms with Crippen LogP contribution >= 0.6 is 0 Å². The van der Waals surface area contributed by atoms with E-state index in [9.17, 15) is 60.7 Å². The number of hydrogen-bond donors (Lipinski definition) is 4. The lowest BCUT2D eigenvalue weighted by Crippen LogP contribution is -2.47. The maximum absolute atomic E-state index is 12.6. The Balaban J connectivity index is 0.000000122. The molecule has 8 heterocycles. The molecular formula is C114H116N16O14. The van der Waals surface area contributed by atoms with Crippen LogP contribution in [0, 0.1) is 57.2 Å². The third-order valence-electron chi connectivity index (χ3n) is 30.6. The summed E-state index contributed by atoms with van der Waals surface area (Å²) in [7, 11) is 0. The Kier molecular flexibility index (Phi) is 27.8. The van der Waals surface area contributed by atoms with Crippen molar-refractivity contribution in [2.45, 2.75) is 216 Å². The fraction of sp³-hybridized carbons (Fsp3) is 0.404. The minimum atomic E-state index is -0.663. The number of rotatable bonds is 24. The summed E-state index contributed by atoms with van der Waals surface area (Å²) in [6.07, 6.45) is 17.2. The maximum Gasteiger partial charge on any atom is 0.306 e. The quantitative estimate of drug-likeness (QED) is 0.0436. The van der Waals surface area contributed by atoms with Crippen LogP contribution in [0.4, 0.5) is 0 Å². The van der Waals surface area contributed by atoms with Gasteiger partial charge >= 0.3 is 11.9 Å². The van der Waals surface area contributed by atoms with Crippen LogP contribution in [0.5, 0.6) is 23.0 Å². The monoisotopic (exact) mass is 1930 g/mol. The molecule has 0 unspecified atom stereocenters. The van der Waals surface area contributed by atoms with E-state index in [1.807, 2.05) is 128 Å². The van der Waals surface area contributed by atoms with E-state index in [2.05, 4.69) is 103 Å². The number of benzene rings is 8. The zero-order valence-electron chi connectivity index (χ0n) is 82.2. The lowest BCUT2D eigenvalue weighted by molar-refractivity contribution is -0.147. The number of fused-ring (bicyclic) bond motifs is 8. The van der Waals surface area contributed by atoms with Crippen molar-refractivity contribution >= 4 is 23.8 Å². The van der Waals surface area contributed by atoms with Crippen molar-refractivity contribution in [3.05, 3.63) is 237 Å². The van der Waals surface area contributed by atoms with Gasteiger partial charge in [-0.05, 0) is 288 Å². The van der Waals surface area contributed by atoms with Crippen LogP contribution in [0.1, 0.15) is 199 Å². The van der Waals surface area contributed by atoms with E-state index in [-0.39, 0.29) is 82.9 Å². The topological polar surface area (TPSA) is 424 Å². The van der Waals surface area contributed by atoms with Gasteiger partial charge in [0.15, 0.2) is 11.6 Å². The number of amides is 2. The highest BCUT2D eigenvalue weighted by Crippen LogP contribution is 2.55. The molecular weight excluding hydrogens is 1820 g/mol. The Labute approximate surface area is 836 Å². The van der Waals surface area contributed by atoms with Gasteiger partial charge in [0.25, 0.3) is 11.8 Å². The number of aliphatic hydroxyl groups excluding tert-OH is 2. The molecule has 30 heteroatoms. The SMILES string of the molecule is CC(C)Oc1ccc(-c2ccnc(-c3cccc4c3CC[C@@]43CC(=O)N(CCO)C3)n2)cc1C#N.CC(C)Oc1ccc(-c2ccnc(-c3cccc4c3CC[C@]43CC(=O)N(CCO)C3)n2)cc1C#N.CC(C)Oc1ccc(-c2nc(-c3cccc4c3CC[C@@]43CCN(C4CC(C(=O)O)C4)C3)no2)cc1C#N.CC(C)Oc1ccc(-c2nc(-c3cccc4c3CC[C@]43CCN(C4CC(C(=O)O)C4)C3)no2)cc1C#N. The van der Waals surface area contributed by atoms with E-state index in [0.717, 1.165) is 161 Å². The first-order valence-electron chi connectivity index (χ1n) is 50.0. The van der Waals surface area contributed by atoms with Crippen molar-refractivity contribution in [2.75, 3.05) is 65.6 Å². The number of carbonyl (C=O) groups is 4. The maximum atomic E-state index is 12.6. The summed E-state index contributed by atoms with van der Waals surface area (Å²) in [5, 5.41) is 84.2. The number of aliphatic carboxylic acids is 2. The minimum absolute atomic E-state index is 0.0204. The first-order valence-corrected chi connectivity index (χ1v) is 50.0. The number of hydrogen-bond acceptors (Lipinski definition) is 26. The van der Waals surface area contributed by atoms with Crippen LogP contribution in [0.25, 0.3) is 91.0 Å². The molecule has 4 saturated heterocycles. The fourth-order valence-corrected chi connectivity index (χ4v) is 23.5. The number of likely N-dealkylation sites (tertiary alicyclic amines) is 4. The minimum Gasteiger partial charge on any atom is -0.490 e. The molecule has 4 aliphatic heterocycles. The van der Waals surface area contributed by atoms with Crippen molar-refractivity contribution in [3.8, 4) is 138 Å². The van der Waals surface area contributed by atoms with Crippen LogP contribution in [0.2, 0.25) is 0 Å². The molecule has 6 aliphatic carbocycles. The van der Waals surface area contributed by atoms with Gasteiger partial charge in [0.05, 0.1) is 83.1 Å². The Morgan fingerprint density at radius 1 is 0.403 bits per heavy atom. The molecule has 12 aromatic rings. The third-order valence-corrected chi connectivity index (χ3v) is 30.6. The van der Waals surface area contributed by atoms with Crippen LogP contribution in [0.15, 0.2) is 179 Å². The molecule has 144 heavy (non-hydrogen) atoms. The van der Waals surface area contributed by atoms with Gasteiger partial charge < -0.3 is 58.2 Å². The summed E-state index contributed by atoms with van der Waals surface area (Å²) in [5.74, 6) is 3.86. The molecule has 22 rings (SSSR count). The summed E-state index contributed by atoms with van der Waals surface area (Å²) in [4.78, 5) is 84.5. The first-order chi connectivity index (χ1) is 69.6. The number of carbonyl (C=O) groups excluding carboxylic acids is 2. The average Bonchev–Trinajstić information content (AvgIpc) is 1.67. The molecule has 30 nitrogen and oxygen atoms in total. The van der Waals surface area contributed by atoms with E-state index >= 15 is 0 Å². The van der Waals surface area contributed by atoms with Gasteiger partial charge in [0.1, 0.15) is 47.3 Å². The predicted octanol–water partition coefficient (Wildman–Crippen LogP) is 17.4.